The molecular weight excluding hydrogens is 216 g/mol. The summed E-state index contributed by atoms with van der Waals surface area (Å²) in [6.45, 7) is 9.68. The van der Waals surface area contributed by atoms with E-state index in [4.69, 9.17) is 0 Å². The molecule has 0 radical (unpaired) electrons. The lowest BCUT2D eigenvalue weighted by atomic mass is 10.3. The average Bonchev–Trinajstić information content (AvgIpc) is 2.83. The van der Waals surface area contributed by atoms with E-state index in [0.29, 0.717) is 0 Å². The van der Waals surface area contributed by atoms with Crippen LogP contribution < -0.4 is 10.6 Å². The number of nitrogens with one attached hydrogen (secondary N) is 2. The van der Waals surface area contributed by atoms with E-state index in [0.717, 1.165) is 38.4 Å². The molecule has 17 heavy (non-hydrogen) atoms. The molecule has 1 aromatic heterocycles. The number of aryl methyl sites for hydroxylation is 1. The van der Waals surface area contributed by atoms with Gasteiger partial charge in [0.15, 0.2) is 0 Å². The minimum Gasteiger partial charge on any atom is -0.369 e. The summed E-state index contributed by atoms with van der Waals surface area (Å²) < 4.78 is 1.88. The first-order valence-corrected chi connectivity index (χ1v) is 6.45. The van der Waals surface area contributed by atoms with Gasteiger partial charge in [0.05, 0.1) is 6.20 Å². The van der Waals surface area contributed by atoms with E-state index in [2.05, 4.69) is 32.8 Å². The van der Waals surface area contributed by atoms with E-state index >= 15 is 0 Å². The van der Waals surface area contributed by atoms with Gasteiger partial charge < -0.3 is 15.5 Å². The second kappa shape index (κ2) is 6.56. The van der Waals surface area contributed by atoms with Gasteiger partial charge in [-0.15, -0.1) is 5.10 Å². The van der Waals surface area contributed by atoms with Gasteiger partial charge in [0.25, 0.3) is 0 Å². The van der Waals surface area contributed by atoms with Crippen LogP contribution in [0, 0.1) is 0 Å². The number of piperazine rings is 1. The molecule has 6 nitrogen and oxygen atoms in total. The Hall–Kier alpha value is -1.14. The van der Waals surface area contributed by atoms with Crippen molar-refractivity contribution in [3.05, 3.63) is 6.20 Å². The summed E-state index contributed by atoms with van der Waals surface area (Å²) in [6, 6.07) is 0. The highest BCUT2D eigenvalue weighted by Crippen LogP contribution is 2.03. The molecule has 0 atom stereocenters. The van der Waals surface area contributed by atoms with Crippen LogP contribution in [0.15, 0.2) is 6.20 Å². The molecule has 1 saturated heterocycles. The van der Waals surface area contributed by atoms with E-state index in [1.54, 1.807) is 6.20 Å². The summed E-state index contributed by atoms with van der Waals surface area (Å²) in [6.07, 6.45) is 2.95. The van der Waals surface area contributed by atoms with Gasteiger partial charge in [0.1, 0.15) is 5.82 Å². The Morgan fingerprint density at radius 2 is 2.24 bits per heavy atom. The molecule has 0 bridgehead atoms. The second-order valence-electron chi connectivity index (χ2n) is 4.31. The molecule has 1 aromatic rings. The molecule has 96 valence electrons. The lowest BCUT2D eigenvalue weighted by Crippen LogP contribution is -2.44. The summed E-state index contributed by atoms with van der Waals surface area (Å²) in [4.78, 5) is 2.51. The van der Waals surface area contributed by atoms with Crippen LogP contribution in [0.2, 0.25) is 0 Å². The van der Waals surface area contributed by atoms with Crippen LogP contribution in [0.5, 0.6) is 0 Å². The number of aromatic nitrogens is 3. The first kappa shape index (κ1) is 12.3. The Balaban J connectivity index is 1.62. The topological polar surface area (TPSA) is 58.0 Å². The van der Waals surface area contributed by atoms with Crippen LogP contribution in [-0.2, 0) is 6.54 Å². The molecule has 1 fully saturated rings. The lowest BCUT2D eigenvalue weighted by molar-refractivity contribution is 0.240. The average molecular weight is 238 g/mol. The van der Waals surface area contributed by atoms with E-state index in [1.807, 2.05) is 4.68 Å². The van der Waals surface area contributed by atoms with Crippen molar-refractivity contribution in [2.24, 2.45) is 0 Å². The molecule has 0 saturated carbocycles. The van der Waals surface area contributed by atoms with Crippen LogP contribution in [0.4, 0.5) is 5.82 Å². The Labute approximate surface area is 102 Å². The quantitative estimate of drug-likeness (QED) is 0.684. The van der Waals surface area contributed by atoms with Gasteiger partial charge in [-0.2, -0.15) is 0 Å². The highest BCUT2D eigenvalue weighted by Gasteiger charge is 2.08. The Bertz CT molecular complexity index is 318. The van der Waals surface area contributed by atoms with Crippen molar-refractivity contribution < 1.29 is 0 Å². The third kappa shape index (κ3) is 3.67. The molecule has 0 amide bonds. The predicted octanol–water partition coefficient (Wildman–Crippen LogP) is 0.00520. The van der Waals surface area contributed by atoms with Gasteiger partial charge in [-0.3, -0.25) is 0 Å². The van der Waals surface area contributed by atoms with Gasteiger partial charge in [0.2, 0.25) is 0 Å². The molecule has 1 aliphatic heterocycles. The SMILES string of the molecule is CCn1nncc1NCCCN1CCNCC1. The molecule has 0 aliphatic carbocycles. The van der Waals surface area contributed by atoms with Crippen LogP contribution in [-0.4, -0.2) is 59.2 Å². The zero-order chi connectivity index (χ0) is 11.9. The maximum atomic E-state index is 3.99. The van der Waals surface area contributed by atoms with Crippen molar-refractivity contribution in [2.75, 3.05) is 44.6 Å². The van der Waals surface area contributed by atoms with Crippen molar-refractivity contribution in [2.45, 2.75) is 19.9 Å². The van der Waals surface area contributed by atoms with Crippen LogP contribution in [0.1, 0.15) is 13.3 Å². The van der Waals surface area contributed by atoms with Gasteiger partial charge in [0, 0.05) is 39.3 Å². The minimum absolute atomic E-state index is 0.861. The molecule has 0 spiro atoms. The summed E-state index contributed by atoms with van der Waals surface area (Å²) in [5.41, 5.74) is 0. The number of rotatable bonds is 6. The summed E-state index contributed by atoms with van der Waals surface area (Å²) in [5.74, 6) is 1.02. The van der Waals surface area contributed by atoms with Crippen molar-refractivity contribution in [1.29, 1.82) is 0 Å². The standard InChI is InChI=1S/C11H22N6/c1-2-17-11(10-14-15-17)13-4-3-7-16-8-5-12-6-9-16/h10,12-13H,2-9H2,1H3. The number of hydrogen-bond acceptors (Lipinski definition) is 5. The van der Waals surface area contributed by atoms with E-state index in [-0.39, 0.29) is 0 Å². The normalized spacial score (nSPS) is 17.2. The van der Waals surface area contributed by atoms with Gasteiger partial charge in [-0.25, -0.2) is 4.68 Å². The van der Waals surface area contributed by atoms with Gasteiger partial charge in [-0.05, 0) is 19.9 Å². The molecule has 2 rings (SSSR count). The molecule has 0 aromatic carbocycles. The maximum Gasteiger partial charge on any atom is 0.144 e. The molecule has 0 unspecified atom stereocenters. The van der Waals surface area contributed by atoms with Crippen molar-refractivity contribution in [3.63, 3.8) is 0 Å². The van der Waals surface area contributed by atoms with Crippen molar-refractivity contribution >= 4 is 5.82 Å². The lowest BCUT2D eigenvalue weighted by Gasteiger charge is -2.27. The molecular formula is C11H22N6. The predicted molar refractivity (Wildman–Crippen MR) is 68.1 cm³/mol. The molecule has 1 aliphatic rings. The third-order valence-electron chi connectivity index (χ3n) is 3.08. The maximum absolute atomic E-state index is 3.99. The number of anilines is 1. The summed E-state index contributed by atoms with van der Waals surface area (Å²) >= 11 is 0. The minimum atomic E-state index is 0.861. The van der Waals surface area contributed by atoms with E-state index < -0.39 is 0 Å². The Morgan fingerprint density at radius 1 is 1.41 bits per heavy atom. The zero-order valence-electron chi connectivity index (χ0n) is 10.5. The number of hydrogen-bond donors (Lipinski definition) is 2. The highest BCUT2D eigenvalue weighted by atomic mass is 15.4. The zero-order valence-corrected chi connectivity index (χ0v) is 10.5. The first-order chi connectivity index (χ1) is 8.40. The fourth-order valence-corrected chi connectivity index (χ4v) is 2.08. The largest absolute Gasteiger partial charge is 0.369 e. The van der Waals surface area contributed by atoms with Crippen LogP contribution in [0.25, 0.3) is 0 Å². The van der Waals surface area contributed by atoms with Gasteiger partial charge >= 0.3 is 0 Å². The fraction of sp³-hybridized carbons (Fsp3) is 0.818. The Kier molecular flexibility index (Phi) is 4.75. The smallest absolute Gasteiger partial charge is 0.144 e. The van der Waals surface area contributed by atoms with E-state index in [1.165, 1.54) is 19.6 Å². The first-order valence-electron chi connectivity index (χ1n) is 6.45. The second-order valence-corrected chi connectivity index (χ2v) is 4.31. The van der Waals surface area contributed by atoms with Crippen LogP contribution >= 0.6 is 0 Å². The van der Waals surface area contributed by atoms with Crippen molar-refractivity contribution in [3.8, 4) is 0 Å². The third-order valence-corrected chi connectivity index (χ3v) is 3.08. The fourth-order valence-electron chi connectivity index (χ4n) is 2.08. The summed E-state index contributed by atoms with van der Waals surface area (Å²) in [7, 11) is 0. The Morgan fingerprint density at radius 3 is 3.00 bits per heavy atom. The van der Waals surface area contributed by atoms with Crippen molar-refractivity contribution in [1.82, 2.24) is 25.2 Å². The van der Waals surface area contributed by atoms with Gasteiger partial charge in [-0.1, -0.05) is 5.21 Å². The monoisotopic (exact) mass is 238 g/mol. The molecule has 2 heterocycles. The van der Waals surface area contributed by atoms with E-state index in [9.17, 15) is 0 Å². The number of nitrogens with zero attached hydrogens (tertiary/aromatic N) is 4. The molecule has 6 heteroatoms. The highest BCUT2D eigenvalue weighted by molar-refractivity contribution is 5.30. The molecule has 2 N–H and O–H groups in total. The summed E-state index contributed by atoms with van der Waals surface area (Å²) in [5, 5.41) is 14.6. The van der Waals surface area contributed by atoms with Crippen LogP contribution in [0.3, 0.4) is 0 Å².